The molecule has 1 aromatic carbocycles. The Morgan fingerprint density at radius 2 is 2.10 bits per heavy atom. The zero-order valence-corrected chi connectivity index (χ0v) is 13.7. The van der Waals surface area contributed by atoms with Gasteiger partial charge in [-0.2, -0.15) is 0 Å². The lowest BCUT2D eigenvalue weighted by atomic mass is 9.77. The van der Waals surface area contributed by atoms with Crippen molar-refractivity contribution in [1.29, 1.82) is 0 Å². The molecular weight excluding hydrogens is 309 g/mol. The zero-order valence-electron chi connectivity index (χ0n) is 11.3. The summed E-state index contributed by atoms with van der Waals surface area (Å²) in [5.74, 6) is 0.466. The highest BCUT2D eigenvalue weighted by molar-refractivity contribution is 7.20. The zero-order chi connectivity index (χ0) is 14.1. The Hall–Kier alpha value is -0.540. The van der Waals surface area contributed by atoms with Gasteiger partial charge >= 0.3 is 0 Å². The summed E-state index contributed by atoms with van der Waals surface area (Å²) in [7, 11) is 2.00. The van der Waals surface area contributed by atoms with Gasteiger partial charge in [-0.05, 0) is 43.5 Å². The number of benzene rings is 1. The first kappa shape index (κ1) is 14.4. The maximum atomic E-state index is 6.36. The number of nitrogens with one attached hydrogen (secondary N) is 1. The summed E-state index contributed by atoms with van der Waals surface area (Å²) < 4.78 is 1.56. The van der Waals surface area contributed by atoms with Crippen molar-refractivity contribution >= 4 is 34.5 Å². The van der Waals surface area contributed by atoms with Crippen molar-refractivity contribution in [2.45, 2.75) is 31.2 Å². The molecule has 2 aromatic rings. The number of halogens is 2. The van der Waals surface area contributed by atoms with Crippen molar-refractivity contribution in [3.05, 3.63) is 55.7 Å². The monoisotopic (exact) mass is 325 g/mol. The van der Waals surface area contributed by atoms with Crippen LogP contribution in [-0.2, 0) is 6.42 Å². The molecule has 3 rings (SSSR count). The number of hydrogen-bond donors (Lipinski definition) is 1. The molecule has 2 unspecified atom stereocenters. The van der Waals surface area contributed by atoms with Gasteiger partial charge in [0, 0.05) is 17.5 Å². The second-order valence-electron chi connectivity index (χ2n) is 5.24. The summed E-state index contributed by atoms with van der Waals surface area (Å²) in [5, 5.41) is 3.45. The van der Waals surface area contributed by atoms with Crippen molar-refractivity contribution in [1.82, 2.24) is 5.32 Å². The first-order valence-electron chi connectivity index (χ1n) is 6.90. The molecule has 1 aliphatic rings. The van der Waals surface area contributed by atoms with E-state index < -0.39 is 0 Å². The minimum atomic E-state index is 0.229. The van der Waals surface area contributed by atoms with Crippen LogP contribution in [0.2, 0.25) is 8.67 Å². The minimum Gasteiger partial charge on any atom is -0.312 e. The van der Waals surface area contributed by atoms with Crippen molar-refractivity contribution < 1.29 is 0 Å². The molecule has 0 radical (unpaired) electrons. The van der Waals surface area contributed by atoms with E-state index in [0.29, 0.717) is 5.92 Å². The highest BCUT2D eigenvalue weighted by atomic mass is 35.5. The molecule has 1 aliphatic carbocycles. The van der Waals surface area contributed by atoms with Gasteiger partial charge in [0.25, 0.3) is 0 Å². The third-order valence-electron chi connectivity index (χ3n) is 4.15. The van der Waals surface area contributed by atoms with Crippen LogP contribution in [-0.4, -0.2) is 7.05 Å². The van der Waals surface area contributed by atoms with E-state index in [9.17, 15) is 0 Å². The summed E-state index contributed by atoms with van der Waals surface area (Å²) in [4.78, 5) is 0. The van der Waals surface area contributed by atoms with Crippen molar-refractivity contribution in [3.8, 4) is 0 Å². The quantitative estimate of drug-likeness (QED) is 0.792. The second-order valence-corrected chi connectivity index (χ2v) is 7.53. The van der Waals surface area contributed by atoms with E-state index in [1.807, 2.05) is 13.1 Å². The molecule has 106 valence electrons. The van der Waals surface area contributed by atoms with Crippen LogP contribution < -0.4 is 5.32 Å². The van der Waals surface area contributed by atoms with E-state index in [-0.39, 0.29) is 6.04 Å². The molecule has 0 fully saturated rings. The van der Waals surface area contributed by atoms with E-state index in [1.54, 1.807) is 0 Å². The number of thiophene rings is 1. The molecule has 1 nitrogen and oxygen atoms in total. The highest BCUT2D eigenvalue weighted by Crippen LogP contribution is 2.44. The Balaban J connectivity index is 2.01. The molecule has 20 heavy (non-hydrogen) atoms. The number of aryl methyl sites for hydroxylation is 1. The lowest BCUT2D eigenvalue weighted by Gasteiger charge is -2.32. The van der Waals surface area contributed by atoms with E-state index >= 15 is 0 Å². The maximum Gasteiger partial charge on any atom is 0.0992 e. The summed E-state index contributed by atoms with van der Waals surface area (Å²) in [5.41, 5.74) is 4.06. The molecule has 0 bridgehead atoms. The van der Waals surface area contributed by atoms with Gasteiger partial charge in [0.2, 0.25) is 0 Å². The standard InChI is InChI=1S/C16H17Cl2NS/c1-19-15(13-9-14(17)20-16(13)18)12-8-4-6-10-5-2-3-7-11(10)12/h2-3,5,7,9,12,15,19H,4,6,8H2,1H3. The normalized spacial score (nSPS) is 19.6. The fourth-order valence-corrected chi connectivity index (χ4v) is 4.83. The minimum absolute atomic E-state index is 0.229. The summed E-state index contributed by atoms with van der Waals surface area (Å²) in [6.45, 7) is 0. The van der Waals surface area contributed by atoms with E-state index in [2.05, 4.69) is 29.6 Å². The molecule has 1 aromatic heterocycles. The Morgan fingerprint density at radius 1 is 1.30 bits per heavy atom. The molecule has 2 atom stereocenters. The summed E-state index contributed by atoms with van der Waals surface area (Å²) in [6, 6.07) is 11.0. The average molecular weight is 326 g/mol. The molecule has 0 saturated heterocycles. The molecule has 0 aliphatic heterocycles. The van der Waals surface area contributed by atoms with Gasteiger partial charge in [-0.1, -0.05) is 47.5 Å². The van der Waals surface area contributed by atoms with Gasteiger partial charge in [0.1, 0.15) is 0 Å². The van der Waals surface area contributed by atoms with Crippen LogP contribution in [0, 0.1) is 0 Å². The van der Waals surface area contributed by atoms with Crippen LogP contribution in [0.5, 0.6) is 0 Å². The van der Waals surface area contributed by atoms with Crippen LogP contribution in [0.15, 0.2) is 30.3 Å². The predicted octanol–water partition coefficient (Wildman–Crippen LogP) is 5.44. The maximum absolute atomic E-state index is 6.36. The summed E-state index contributed by atoms with van der Waals surface area (Å²) in [6.07, 6.45) is 3.60. The largest absolute Gasteiger partial charge is 0.312 e. The van der Waals surface area contributed by atoms with Gasteiger partial charge in [0.05, 0.1) is 8.67 Å². The summed E-state index contributed by atoms with van der Waals surface area (Å²) >= 11 is 13.9. The van der Waals surface area contributed by atoms with Gasteiger partial charge in [-0.15, -0.1) is 11.3 Å². The van der Waals surface area contributed by atoms with Crippen LogP contribution in [0.3, 0.4) is 0 Å². The van der Waals surface area contributed by atoms with Crippen molar-refractivity contribution in [3.63, 3.8) is 0 Å². The first-order valence-corrected chi connectivity index (χ1v) is 8.47. The van der Waals surface area contributed by atoms with Crippen molar-refractivity contribution in [2.24, 2.45) is 0 Å². The van der Waals surface area contributed by atoms with Crippen molar-refractivity contribution in [2.75, 3.05) is 7.05 Å². The van der Waals surface area contributed by atoms with Crippen LogP contribution in [0.1, 0.15) is 41.5 Å². The van der Waals surface area contributed by atoms with E-state index in [4.69, 9.17) is 23.2 Å². The predicted molar refractivity (Wildman–Crippen MR) is 88.3 cm³/mol. The highest BCUT2D eigenvalue weighted by Gasteiger charge is 2.30. The first-order chi connectivity index (χ1) is 9.70. The smallest absolute Gasteiger partial charge is 0.0992 e. The van der Waals surface area contributed by atoms with Gasteiger partial charge in [-0.3, -0.25) is 0 Å². The lowest BCUT2D eigenvalue weighted by Crippen LogP contribution is -2.26. The lowest BCUT2D eigenvalue weighted by molar-refractivity contribution is 0.426. The Kier molecular flexibility index (Phi) is 4.37. The van der Waals surface area contributed by atoms with Gasteiger partial charge in [0.15, 0.2) is 0 Å². The Bertz CT molecular complexity index is 608. The number of fused-ring (bicyclic) bond motifs is 1. The van der Waals surface area contributed by atoms with Crippen LogP contribution in [0.4, 0.5) is 0 Å². The van der Waals surface area contributed by atoms with Gasteiger partial charge in [-0.25, -0.2) is 0 Å². The fraction of sp³-hybridized carbons (Fsp3) is 0.375. The molecule has 1 N–H and O–H groups in total. The fourth-order valence-electron chi connectivity index (χ4n) is 3.28. The number of likely N-dealkylation sites (N-methyl/N-ethyl adjacent to an activating group) is 1. The Labute approximate surface area is 133 Å². The van der Waals surface area contributed by atoms with Crippen LogP contribution in [0.25, 0.3) is 0 Å². The SMILES string of the molecule is CNC(c1cc(Cl)sc1Cl)C1CCCc2ccccc21. The number of rotatable bonds is 3. The third-order valence-corrected chi connectivity index (χ3v) is 5.67. The topological polar surface area (TPSA) is 12.0 Å². The van der Waals surface area contributed by atoms with E-state index in [1.165, 1.54) is 41.7 Å². The Morgan fingerprint density at radius 3 is 2.80 bits per heavy atom. The molecule has 0 amide bonds. The van der Waals surface area contributed by atoms with Gasteiger partial charge < -0.3 is 5.32 Å². The van der Waals surface area contributed by atoms with E-state index in [0.717, 1.165) is 14.2 Å². The molecule has 0 spiro atoms. The van der Waals surface area contributed by atoms with Crippen LogP contribution >= 0.6 is 34.5 Å². The molecule has 1 heterocycles. The third kappa shape index (κ3) is 2.62. The average Bonchev–Trinajstić information content (AvgIpc) is 2.79. The second kappa shape index (κ2) is 6.07. The molecule has 0 saturated carbocycles. The number of hydrogen-bond acceptors (Lipinski definition) is 2. The molecular formula is C16H17Cl2NS. The molecule has 4 heteroatoms.